The second kappa shape index (κ2) is 6.79. The van der Waals surface area contributed by atoms with Gasteiger partial charge in [0.1, 0.15) is 0 Å². The van der Waals surface area contributed by atoms with Crippen molar-refractivity contribution in [3.63, 3.8) is 0 Å². The van der Waals surface area contributed by atoms with E-state index in [1.807, 2.05) is 0 Å². The van der Waals surface area contributed by atoms with Crippen LogP contribution in [0.5, 0.6) is 11.5 Å². The van der Waals surface area contributed by atoms with E-state index in [-0.39, 0.29) is 19.0 Å². The van der Waals surface area contributed by atoms with Crippen LogP contribution in [0.15, 0.2) is 18.2 Å². The number of halogens is 1. The molecule has 0 spiro atoms. The molecule has 0 unspecified atom stereocenters. The van der Waals surface area contributed by atoms with Crippen molar-refractivity contribution in [3.8, 4) is 11.5 Å². The molecule has 0 aliphatic rings. The maximum Gasteiger partial charge on any atom is 0.343 e. The molecule has 1 rings (SSSR count). The van der Waals surface area contributed by atoms with Crippen molar-refractivity contribution in [2.24, 2.45) is 0 Å². The lowest BCUT2D eigenvalue weighted by molar-refractivity contribution is -0.142. The zero-order valence-corrected chi connectivity index (χ0v) is 9.87. The number of esters is 1. The van der Waals surface area contributed by atoms with Crippen molar-refractivity contribution in [2.75, 3.05) is 26.6 Å². The fraction of sp³-hybridized carbons (Fsp3) is 0.300. The van der Waals surface area contributed by atoms with E-state index >= 15 is 0 Å². The van der Waals surface area contributed by atoms with Gasteiger partial charge in [-0.3, -0.25) is 0 Å². The predicted molar refractivity (Wildman–Crippen MR) is 62.2 cm³/mol. The Morgan fingerprint density at radius 2 is 2.00 bits per heavy atom. The Balaban J connectivity index is 0.00000225. The molecular weight excluding hydrogens is 234 g/mol. The number of carbonyl (C=O) groups excluding carboxylic acids is 1. The molecule has 0 aliphatic heterocycles. The van der Waals surface area contributed by atoms with E-state index in [0.29, 0.717) is 17.2 Å². The minimum absolute atomic E-state index is 0. The molecule has 1 aromatic carbocycles. The fourth-order valence-corrected chi connectivity index (χ4v) is 0.999. The first-order chi connectivity index (χ1) is 7.17. The Morgan fingerprint density at radius 3 is 2.56 bits per heavy atom. The van der Waals surface area contributed by atoms with Crippen LogP contribution in [0.2, 0.25) is 0 Å². The molecule has 5 nitrogen and oxygen atoms in total. The van der Waals surface area contributed by atoms with E-state index in [9.17, 15) is 4.79 Å². The third kappa shape index (κ3) is 3.86. The number of ether oxygens (including phenoxy) is 3. The van der Waals surface area contributed by atoms with Gasteiger partial charge in [-0.05, 0) is 12.1 Å². The van der Waals surface area contributed by atoms with Gasteiger partial charge >= 0.3 is 5.97 Å². The van der Waals surface area contributed by atoms with E-state index in [0.717, 1.165) is 0 Å². The number of methoxy groups -OCH3 is 2. The summed E-state index contributed by atoms with van der Waals surface area (Å²) in [5.41, 5.74) is 6.12. The molecular formula is C10H14ClNO4. The van der Waals surface area contributed by atoms with Gasteiger partial charge in [-0.2, -0.15) is 0 Å². The molecule has 90 valence electrons. The number of hydrogen-bond donors (Lipinski definition) is 1. The average molecular weight is 248 g/mol. The van der Waals surface area contributed by atoms with Crippen molar-refractivity contribution in [3.05, 3.63) is 18.2 Å². The van der Waals surface area contributed by atoms with Gasteiger partial charge in [-0.1, -0.05) is 0 Å². The number of rotatable bonds is 4. The molecule has 6 heteroatoms. The van der Waals surface area contributed by atoms with Gasteiger partial charge in [-0.25, -0.2) is 4.79 Å². The number of benzene rings is 1. The van der Waals surface area contributed by atoms with Crippen LogP contribution in [-0.4, -0.2) is 26.8 Å². The third-order valence-corrected chi connectivity index (χ3v) is 1.76. The monoisotopic (exact) mass is 247 g/mol. The summed E-state index contributed by atoms with van der Waals surface area (Å²) in [6.07, 6.45) is 0. The molecule has 0 heterocycles. The van der Waals surface area contributed by atoms with Crippen molar-refractivity contribution in [1.82, 2.24) is 0 Å². The summed E-state index contributed by atoms with van der Waals surface area (Å²) in [7, 11) is 2.80. The van der Waals surface area contributed by atoms with Gasteiger partial charge in [0.15, 0.2) is 18.1 Å². The quantitative estimate of drug-likeness (QED) is 0.641. The first kappa shape index (κ1) is 14.4. The number of carbonyl (C=O) groups is 1. The highest BCUT2D eigenvalue weighted by Gasteiger charge is 2.07. The summed E-state index contributed by atoms with van der Waals surface area (Å²) in [5.74, 6) is 0.491. The van der Waals surface area contributed by atoms with Crippen LogP contribution < -0.4 is 15.2 Å². The van der Waals surface area contributed by atoms with Gasteiger partial charge in [0.25, 0.3) is 0 Å². The Labute approximate surface area is 99.9 Å². The van der Waals surface area contributed by atoms with Crippen molar-refractivity contribution in [2.45, 2.75) is 0 Å². The first-order valence-electron chi connectivity index (χ1n) is 4.30. The van der Waals surface area contributed by atoms with Crippen LogP contribution in [0.25, 0.3) is 0 Å². The molecule has 0 radical (unpaired) electrons. The van der Waals surface area contributed by atoms with Gasteiger partial charge < -0.3 is 19.9 Å². The molecule has 0 atom stereocenters. The van der Waals surface area contributed by atoms with Gasteiger partial charge in [0, 0.05) is 11.8 Å². The summed E-state index contributed by atoms with van der Waals surface area (Å²) in [6.45, 7) is -0.156. The van der Waals surface area contributed by atoms with Crippen LogP contribution >= 0.6 is 12.4 Å². The molecule has 0 fully saturated rings. The Kier molecular flexibility index (Phi) is 6.10. The SMILES string of the molecule is COC(=O)COc1ccc(N)cc1OC.Cl. The Hall–Kier alpha value is -1.62. The fourth-order valence-electron chi connectivity index (χ4n) is 0.999. The highest BCUT2D eigenvalue weighted by atomic mass is 35.5. The van der Waals surface area contributed by atoms with Crippen molar-refractivity contribution < 1.29 is 19.0 Å². The van der Waals surface area contributed by atoms with Gasteiger partial charge in [0.2, 0.25) is 0 Å². The molecule has 2 N–H and O–H groups in total. The summed E-state index contributed by atoms with van der Waals surface area (Å²) < 4.78 is 14.7. The predicted octanol–water partition coefficient (Wildman–Crippen LogP) is 1.25. The minimum atomic E-state index is -0.450. The smallest absolute Gasteiger partial charge is 0.343 e. The molecule has 0 aromatic heterocycles. The minimum Gasteiger partial charge on any atom is -0.493 e. The highest BCUT2D eigenvalue weighted by Crippen LogP contribution is 2.28. The van der Waals surface area contributed by atoms with E-state index in [2.05, 4.69) is 4.74 Å². The Morgan fingerprint density at radius 1 is 1.31 bits per heavy atom. The molecule has 1 aromatic rings. The van der Waals surface area contributed by atoms with Crippen LogP contribution in [0.3, 0.4) is 0 Å². The normalized spacial score (nSPS) is 8.88. The summed E-state index contributed by atoms with van der Waals surface area (Å²) in [4.78, 5) is 10.8. The first-order valence-corrected chi connectivity index (χ1v) is 4.30. The lowest BCUT2D eigenvalue weighted by Crippen LogP contribution is -2.12. The largest absolute Gasteiger partial charge is 0.493 e. The second-order valence-electron chi connectivity index (χ2n) is 2.78. The zero-order valence-electron chi connectivity index (χ0n) is 9.06. The van der Waals surface area contributed by atoms with Crippen LogP contribution in [-0.2, 0) is 9.53 Å². The van der Waals surface area contributed by atoms with Crippen LogP contribution in [0, 0.1) is 0 Å². The number of hydrogen-bond acceptors (Lipinski definition) is 5. The van der Waals surface area contributed by atoms with E-state index in [1.54, 1.807) is 18.2 Å². The molecule has 0 saturated heterocycles. The van der Waals surface area contributed by atoms with Crippen LogP contribution in [0.4, 0.5) is 5.69 Å². The number of nitrogen functional groups attached to an aromatic ring is 1. The van der Waals surface area contributed by atoms with Crippen LogP contribution in [0.1, 0.15) is 0 Å². The van der Waals surface area contributed by atoms with Gasteiger partial charge in [0.05, 0.1) is 14.2 Å². The molecule has 0 saturated carbocycles. The van der Waals surface area contributed by atoms with Crippen molar-refractivity contribution >= 4 is 24.1 Å². The van der Waals surface area contributed by atoms with E-state index < -0.39 is 5.97 Å². The maximum absolute atomic E-state index is 10.8. The lowest BCUT2D eigenvalue weighted by Gasteiger charge is -2.09. The van der Waals surface area contributed by atoms with E-state index in [4.69, 9.17) is 15.2 Å². The summed E-state index contributed by atoms with van der Waals surface area (Å²) in [6, 6.07) is 4.92. The standard InChI is InChI=1S/C10H13NO4.ClH/c1-13-9-5-7(11)3-4-8(9)15-6-10(12)14-2;/h3-5H,6,11H2,1-2H3;1H. The Bertz CT molecular complexity index is 357. The van der Waals surface area contributed by atoms with Crippen molar-refractivity contribution in [1.29, 1.82) is 0 Å². The lowest BCUT2D eigenvalue weighted by atomic mass is 10.3. The van der Waals surface area contributed by atoms with Gasteiger partial charge in [-0.15, -0.1) is 12.4 Å². The maximum atomic E-state index is 10.8. The number of anilines is 1. The molecule has 16 heavy (non-hydrogen) atoms. The third-order valence-electron chi connectivity index (χ3n) is 1.76. The van der Waals surface area contributed by atoms with E-state index in [1.165, 1.54) is 14.2 Å². The summed E-state index contributed by atoms with van der Waals surface area (Å²) >= 11 is 0. The molecule has 0 aliphatic carbocycles. The topological polar surface area (TPSA) is 70.8 Å². The number of nitrogens with two attached hydrogens (primary N) is 1. The highest BCUT2D eigenvalue weighted by molar-refractivity contribution is 5.85. The molecule has 0 amide bonds. The summed E-state index contributed by atoms with van der Waals surface area (Å²) in [5, 5.41) is 0. The molecule has 0 bridgehead atoms. The second-order valence-corrected chi connectivity index (χ2v) is 2.78. The average Bonchev–Trinajstić information content (AvgIpc) is 2.26. The zero-order chi connectivity index (χ0) is 11.3.